The average Bonchev–Trinajstić information content (AvgIpc) is 2.36. The molecule has 0 unspecified atom stereocenters. The molecule has 3 nitrogen and oxygen atoms in total. The first-order chi connectivity index (χ1) is 5.56. The highest BCUT2D eigenvalue weighted by molar-refractivity contribution is 4.99. The van der Waals surface area contributed by atoms with Crippen LogP contribution in [0.15, 0.2) is 4.52 Å². The fraction of sp³-hybridized carbons (Fsp3) is 0.778. The van der Waals surface area contributed by atoms with Crippen molar-refractivity contribution in [2.24, 2.45) is 0 Å². The average molecular weight is 168 g/mol. The van der Waals surface area contributed by atoms with Crippen molar-refractivity contribution in [3.8, 4) is 0 Å². The third kappa shape index (κ3) is 1.84. The van der Waals surface area contributed by atoms with Crippen LogP contribution in [0.3, 0.4) is 0 Å². The zero-order valence-electron chi connectivity index (χ0n) is 8.22. The summed E-state index contributed by atoms with van der Waals surface area (Å²) in [6.07, 6.45) is 2.21. The number of hydrogen-bond acceptors (Lipinski definition) is 3. The molecule has 0 N–H and O–H groups in total. The van der Waals surface area contributed by atoms with Crippen LogP contribution in [-0.4, -0.2) is 10.1 Å². The summed E-state index contributed by atoms with van der Waals surface area (Å²) in [5.74, 6) is 1.47. The van der Waals surface area contributed by atoms with Crippen LogP contribution in [0.2, 0.25) is 0 Å². The highest BCUT2D eigenvalue weighted by Gasteiger charge is 2.25. The van der Waals surface area contributed by atoms with Gasteiger partial charge in [-0.1, -0.05) is 32.3 Å². The van der Waals surface area contributed by atoms with Crippen LogP contribution in [0.25, 0.3) is 0 Å². The molecule has 0 saturated heterocycles. The predicted molar refractivity (Wildman–Crippen MR) is 47.0 cm³/mol. The smallest absolute Gasteiger partial charge is 0.232 e. The van der Waals surface area contributed by atoms with E-state index in [0.717, 1.165) is 18.7 Å². The number of hydrogen-bond donors (Lipinski definition) is 0. The second kappa shape index (κ2) is 3.25. The molecule has 68 valence electrons. The Balaban J connectivity index is 2.81. The maximum absolute atomic E-state index is 5.12. The van der Waals surface area contributed by atoms with E-state index >= 15 is 0 Å². The summed E-state index contributed by atoms with van der Waals surface area (Å²) in [5, 5.41) is 3.78. The van der Waals surface area contributed by atoms with Gasteiger partial charge in [0.15, 0.2) is 5.82 Å². The molecule has 0 radical (unpaired) electrons. The van der Waals surface area contributed by atoms with Crippen molar-refractivity contribution >= 4 is 0 Å². The van der Waals surface area contributed by atoms with Crippen LogP contribution in [0.1, 0.15) is 45.3 Å². The zero-order valence-corrected chi connectivity index (χ0v) is 8.22. The van der Waals surface area contributed by atoms with Crippen molar-refractivity contribution in [2.45, 2.75) is 46.0 Å². The Morgan fingerprint density at radius 2 is 2.08 bits per heavy atom. The first-order valence-electron chi connectivity index (χ1n) is 4.37. The highest BCUT2D eigenvalue weighted by atomic mass is 16.5. The molecule has 3 heteroatoms. The molecule has 0 aromatic carbocycles. The van der Waals surface area contributed by atoms with Crippen LogP contribution in [0.4, 0.5) is 0 Å². The van der Waals surface area contributed by atoms with E-state index in [2.05, 4.69) is 30.9 Å². The number of aryl methyl sites for hydroxylation is 1. The minimum Gasteiger partial charge on any atom is -0.339 e. The van der Waals surface area contributed by atoms with E-state index in [1.54, 1.807) is 0 Å². The molecular weight excluding hydrogens is 152 g/mol. The Bertz CT molecular complexity index is 253. The largest absolute Gasteiger partial charge is 0.339 e. The Kier molecular flexibility index (Phi) is 2.50. The zero-order chi connectivity index (χ0) is 9.19. The van der Waals surface area contributed by atoms with Crippen LogP contribution in [0.5, 0.6) is 0 Å². The number of rotatable bonds is 3. The minimum absolute atomic E-state index is 0.0238. The predicted octanol–water partition coefficient (Wildman–Crippen LogP) is 2.46. The summed E-state index contributed by atoms with van der Waals surface area (Å²) in [6, 6.07) is 0. The molecule has 12 heavy (non-hydrogen) atoms. The minimum atomic E-state index is 0.0238. The molecule has 1 aromatic heterocycles. The van der Waals surface area contributed by atoms with Gasteiger partial charge in [-0.05, 0) is 13.3 Å². The molecule has 0 amide bonds. The van der Waals surface area contributed by atoms with Crippen molar-refractivity contribution in [3.05, 3.63) is 11.7 Å². The molecule has 0 aliphatic carbocycles. The molecule has 1 aromatic rings. The van der Waals surface area contributed by atoms with E-state index < -0.39 is 0 Å². The van der Waals surface area contributed by atoms with E-state index in [9.17, 15) is 0 Å². The van der Waals surface area contributed by atoms with E-state index in [1.807, 2.05) is 6.92 Å². The first-order valence-corrected chi connectivity index (χ1v) is 4.37. The van der Waals surface area contributed by atoms with Crippen LogP contribution >= 0.6 is 0 Å². The number of nitrogens with zero attached hydrogens (tertiary/aromatic N) is 2. The Morgan fingerprint density at radius 1 is 1.42 bits per heavy atom. The summed E-state index contributed by atoms with van der Waals surface area (Å²) < 4.78 is 5.12. The van der Waals surface area contributed by atoms with Crippen LogP contribution in [0, 0.1) is 6.92 Å². The van der Waals surface area contributed by atoms with Crippen molar-refractivity contribution in [3.63, 3.8) is 0 Å². The molecule has 1 heterocycles. The fourth-order valence-corrected chi connectivity index (χ4v) is 1.30. The monoisotopic (exact) mass is 168 g/mol. The lowest BCUT2D eigenvalue weighted by Gasteiger charge is -2.17. The third-order valence-electron chi connectivity index (χ3n) is 1.98. The van der Waals surface area contributed by atoms with Gasteiger partial charge in [0, 0.05) is 5.41 Å². The van der Waals surface area contributed by atoms with Crippen LogP contribution < -0.4 is 0 Å². The van der Waals surface area contributed by atoms with E-state index in [0.29, 0.717) is 5.82 Å². The van der Waals surface area contributed by atoms with Crippen molar-refractivity contribution in [1.82, 2.24) is 10.1 Å². The fourth-order valence-electron chi connectivity index (χ4n) is 1.30. The normalized spacial score (nSPS) is 12.0. The molecule has 0 atom stereocenters. The lowest BCUT2D eigenvalue weighted by atomic mass is 9.88. The van der Waals surface area contributed by atoms with Gasteiger partial charge in [0.2, 0.25) is 5.89 Å². The summed E-state index contributed by atoms with van der Waals surface area (Å²) in [7, 11) is 0. The Morgan fingerprint density at radius 3 is 2.50 bits per heavy atom. The van der Waals surface area contributed by atoms with E-state index in [-0.39, 0.29) is 5.41 Å². The molecule has 0 saturated carbocycles. The molecule has 0 fully saturated rings. The van der Waals surface area contributed by atoms with E-state index in [4.69, 9.17) is 4.52 Å². The van der Waals surface area contributed by atoms with Crippen molar-refractivity contribution < 1.29 is 4.52 Å². The molecule has 0 aliphatic heterocycles. The first kappa shape index (κ1) is 9.23. The molecule has 1 rings (SSSR count). The van der Waals surface area contributed by atoms with Gasteiger partial charge in [0.05, 0.1) is 0 Å². The molecule has 0 bridgehead atoms. The van der Waals surface area contributed by atoms with Gasteiger partial charge in [-0.25, -0.2) is 0 Å². The lowest BCUT2D eigenvalue weighted by molar-refractivity contribution is 0.293. The van der Waals surface area contributed by atoms with Gasteiger partial charge >= 0.3 is 0 Å². The molecule has 0 aliphatic rings. The lowest BCUT2D eigenvalue weighted by Crippen LogP contribution is -2.17. The van der Waals surface area contributed by atoms with Gasteiger partial charge in [-0.2, -0.15) is 4.98 Å². The maximum atomic E-state index is 5.12. The molecule has 0 spiro atoms. The van der Waals surface area contributed by atoms with Crippen molar-refractivity contribution in [1.29, 1.82) is 0 Å². The second-order valence-corrected chi connectivity index (χ2v) is 3.78. The Hall–Kier alpha value is -0.860. The maximum Gasteiger partial charge on any atom is 0.232 e. The van der Waals surface area contributed by atoms with Gasteiger partial charge in [0.25, 0.3) is 0 Å². The van der Waals surface area contributed by atoms with E-state index in [1.165, 1.54) is 0 Å². The van der Waals surface area contributed by atoms with Gasteiger partial charge in [-0.15, -0.1) is 0 Å². The summed E-state index contributed by atoms with van der Waals surface area (Å²) in [5.41, 5.74) is 0.0238. The van der Waals surface area contributed by atoms with Gasteiger partial charge < -0.3 is 4.52 Å². The van der Waals surface area contributed by atoms with Gasteiger partial charge in [0.1, 0.15) is 0 Å². The summed E-state index contributed by atoms with van der Waals surface area (Å²) >= 11 is 0. The molecular formula is C9H16N2O. The summed E-state index contributed by atoms with van der Waals surface area (Å²) in [4.78, 5) is 4.22. The third-order valence-corrected chi connectivity index (χ3v) is 1.98. The van der Waals surface area contributed by atoms with Crippen LogP contribution in [-0.2, 0) is 5.41 Å². The topological polar surface area (TPSA) is 38.9 Å². The quantitative estimate of drug-likeness (QED) is 0.695. The summed E-state index contributed by atoms with van der Waals surface area (Å²) in [6.45, 7) is 8.26. The SMILES string of the molecule is CCCC(C)(C)c1nc(C)no1. The van der Waals surface area contributed by atoms with Crippen molar-refractivity contribution in [2.75, 3.05) is 0 Å². The standard InChI is InChI=1S/C9H16N2O/c1-5-6-9(3,4)8-10-7(2)11-12-8/h5-6H2,1-4H3. The van der Waals surface area contributed by atoms with Gasteiger partial charge in [-0.3, -0.25) is 0 Å². The highest BCUT2D eigenvalue weighted by Crippen LogP contribution is 2.26. The Labute approximate surface area is 73.2 Å². The number of aromatic nitrogens is 2. The second-order valence-electron chi connectivity index (χ2n) is 3.78.